The minimum absolute atomic E-state index is 0.702. The summed E-state index contributed by atoms with van der Waals surface area (Å²) in [7, 11) is 0. The van der Waals surface area contributed by atoms with Crippen molar-refractivity contribution in [2.45, 2.75) is 38.6 Å². The fourth-order valence-corrected chi connectivity index (χ4v) is 2.44. The highest BCUT2D eigenvalue weighted by Gasteiger charge is 2.16. The predicted molar refractivity (Wildman–Crippen MR) is 65.0 cm³/mol. The molecule has 0 amide bonds. The molecule has 1 aliphatic heterocycles. The van der Waals surface area contributed by atoms with Crippen LogP contribution in [0.2, 0.25) is 0 Å². The summed E-state index contributed by atoms with van der Waals surface area (Å²) in [4.78, 5) is 2.64. The van der Waals surface area contributed by atoms with Gasteiger partial charge in [-0.3, -0.25) is 0 Å². The second-order valence-corrected chi connectivity index (χ2v) is 4.64. The van der Waals surface area contributed by atoms with Crippen LogP contribution in [0.3, 0.4) is 0 Å². The number of rotatable bonds is 3. The molecular weight excluding hydrogens is 182 g/mol. The Hall–Kier alpha value is -0.820. The average molecular weight is 203 g/mol. The van der Waals surface area contributed by atoms with Gasteiger partial charge < -0.3 is 4.90 Å². The smallest absolute Gasteiger partial charge is 0.0107 e. The lowest BCUT2D eigenvalue weighted by Gasteiger charge is -2.32. The summed E-state index contributed by atoms with van der Waals surface area (Å²) in [5, 5.41) is 0. The lowest BCUT2D eigenvalue weighted by atomic mass is 10.0. The van der Waals surface area contributed by atoms with Crippen LogP contribution >= 0.6 is 0 Å². The molecule has 1 aliphatic rings. The highest BCUT2D eigenvalue weighted by Crippen LogP contribution is 2.15. The molecule has 1 heterocycles. The van der Waals surface area contributed by atoms with Gasteiger partial charge in [-0.2, -0.15) is 0 Å². The Kier molecular flexibility index (Phi) is 3.79. The third-order valence-corrected chi connectivity index (χ3v) is 3.39. The van der Waals surface area contributed by atoms with E-state index in [1.54, 1.807) is 0 Å². The highest BCUT2D eigenvalue weighted by molar-refractivity contribution is 5.15. The molecule has 15 heavy (non-hydrogen) atoms. The standard InChI is InChI=1S/C14H21N/c1-13(15-10-6-3-7-11-15)12-14-8-4-2-5-9-14/h2,4-5,8-9,13H,3,6-7,10-12H2,1H3/t13-/m1/s1. The molecule has 0 radical (unpaired) electrons. The molecule has 1 aromatic rings. The minimum atomic E-state index is 0.702. The molecule has 0 bridgehead atoms. The first-order valence-corrected chi connectivity index (χ1v) is 6.14. The van der Waals surface area contributed by atoms with Gasteiger partial charge >= 0.3 is 0 Å². The summed E-state index contributed by atoms with van der Waals surface area (Å²) in [6.07, 6.45) is 5.40. The molecule has 82 valence electrons. The van der Waals surface area contributed by atoms with Crippen LogP contribution in [-0.2, 0) is 6.42 Å². The highest BCUT2D eigenvalue weighted by atomic mass is 15.1. The van der Waals surface area contributed by atoms with Gasteiger partial charge in [0.05, 0.1) is 0 Å². The maximum atomic E-state index is 2.64. The van der Waals surface area contributed by atoms with Gasteiger partial charge in [-0.15, -0.1) is 0 Å². The van der Waals surface area contributed by atoms with Gasteiger partial charge in [0.25, 0.3) is 0 Å². The van der Waals surface area contributed by atoms with E-state index in [1.807, 2.05) is 0 Å². The number of hydrogen-bond donors (Lipinski definition) is 0. The van der Waals surface area contributed by atoms with E-state index in [1.165, 1.54) is 44.3 Å². The second-order valence-electron chi connectivity index (χ2n) is 4.64. The molecule has 0 saturated carbocycles. The summed E-state index contributed by atoms with van der Waals surface area (Å²) >= 11 is 0. The Morgan fingerprint density at radius 2 is 1.73 bits per heavy atom. The lowest BCUT2D eigenvalue weighted by molar-refractivity contribution is 0.173. The van der Waals surface area contributed by atoms with Crippen LogP contribution in [0.5, 0.6) is 0 Å². The van der Waals surface area contributed by atoms with E-state index >= 15 is 0 Å². The Morgan fingerprint density at radius 3 is 2.40 bits per heavy atom. The van der Waals surface area contributed by atoms with E-state index in [4.69, 9.17) is 0 Å². The number of likely N-dealkylation sites (tertiary alicyclic amines) is 1. The molecule has 2 rings (SSSR count). The first kappa shape index (κ1) is 10.7. The average Bonchev–Trinajstić information content (AvgIpc) is 2.31. The first-order valence-electron chi connectivity index (χ1n) is 6.14. The monoisotopic (exact) mass is 203 g/mol. The fourth-order valence-electron chi connectivity index (χ4n) is 2.44. The third-order valence-electron chi connectivity index (χ3n) is 3.39. The van der Waals surface area contributed by atoms with Gasteiger partial charge in [-0.25, -0.2) is 0 Å². The second kappa shape index (κ2) is 5.32. The first-order chi connectivity index (χ1) is 7.36. The van der Waals surface area contributed by atoms with E-state index in [0.717, 1.165) is 0 Å². The Balaban J connectivity index is 1.88. The summed E-state index contributed by atoms with van der Waals surface area (Å²) in [6.45, 7) is 4.96. The van der Waals surface area contributed by atoms with Crippen LogP contribution in [0.1, 0.15) is 31.7 Å². The largest absolute Gasteiger partial charge is 0.300 e. The minimum Gasteiger partial charge on any atom is -0.300 e. The normalized spacial score (nSPS) is 20.1. The van der Waals surface area contributed by atoms with Crippen molar-refractivity contribution in [3.63, 3.8) is 0 Å². The molecule has 0 aromatic heterocycles. The zero-order valence-electron chi connectivity index (χ0n) is 9.65. The van der Waals surface area contributed by atoms with Gasteiger partial charge in [-0.1, -0.05) is 36.8 Å². The van der Waals surface area contributed by atoms with Crippen LogP contribution in [0, 0.1) is 0 Å². The molecule has 0 N–H and O–H groups in total. The maximum absolute atomic E-state index is 2.64. The van der Waals surface area contributed by atoms with Crippen molar-refractivity contribution in [3.8, 4) is 0 Å². The van der Waals surface area contributed by atoms with E-state index in [9.17, 15) is 0 Å². The van der Waals surface area contributed by atoms with Gasteiger partial charge in [0.2, 0.25) is 0 Å². The molecule has 0 aliphatic carbocycles. The molecule has 1 atom stereocenters. The lowest BCUT2D eigenvalue weighted by Crippen LogP contribution is -2.38. The topological polar surface area (TPSA) is 3.24 Å². The van der Waals surface area contributed by atoms with E-state index in [-0.39, 0.29) is 0 Å². The molecule has 1 heteroatoms. The summed E-state index contributed by atoms with van der Waals surface area (Å²) in [5.74, 6) is 0. The third kappa shape index (κ3) is 3.07. The van der Waals surface area contributed by atoms with Crippen LogP contribution in [0.4, 0.5) is 0 Å². The Bertz CT molecular complexity index is 275. The Labute approximate surface area is 93.1 Å². The fraction of sp³-hybridized carbons (Fsp3) is 0.571. The van der Waals surface area contributed by atoms with E-state index in [2.05, 4.69) is 42.2 Å². The summed E-state index contributed by atoms with van der Waals surface area (Å²) in [6, 6.07) is 11.5. The van der Waals surface area contributed by atoms with Crippen molar-refractivity contribution in [2.24, 2.45) is 0 Å². The van der Waals surface area contributed by atoms with Crippen molar-refractivity contribution in [3.05, 3.63) is 35.9 Å². The quantitative estimate of drug-likeness (QED) is 0.729. The van der Waals surface area contributed by atoms with Crippen LogP contribution in [0.15, 0.2) is 30.3 Å². The summed E-state index contributed by atoms with van der Waals surface area (Å²) < 4.78 is 0. The molecular formula is C14H21N. The van der Waals surface area contributed by atoms with Crippen LogP contribution < -0.4 is 0 Å². The summed E-state index contributed by atoms with van der Waals surface area (Å²) in [5.41, 5.74) is 1.47. The van der Waals surface area contributed by atoms with Crippen LogP contribution in [-0.4, -0.2) is 24.0 Å². The van der Waals surface area contributed by atoms with Crippen molar-refractivity contribution in [1.29, 1.82) is 0 Å². The number of piperidine rings is 1. The predicted octanol–water partition coefficient (Wildman–Crippen LogP) is 3.10. The van der Waals surface area contributed by atoms with Crippen molar-refractivity contribution in [1.82, 2.24) is 4.90 Å². The zero-order valence-corrected chi connectivity index (χ0v) is 9.65. The van der Waals surface area contributed by atoms with Gasteiger partial charge in [0, 0.05) is 6.04 Å². The van der Waals surface area contributed by atoms with Crippen LogP contribution in [0.25, 0.3) is 0 Å². The number of nitrogens with zero attached hydrogens (tertiary/aromatic N) is 1. The van der Waals surface area contributed by atoms with E-state index < -0.39 is 0 Å². The molecule has 1 saturated heterocycles. The van der Waals surface area contributed by atoms with Gasteiger partial charge in [0.1, 0.15) is 0 Å². The Morgan fingerprint density at radius 1 is 1.07 bits per heavy atom. The zero-order chi connectivity index (χ0) is 10.5. The molecule has 1 fully saturated rings. The number of hydrogen-bond acceptors (Lipinski definition) is 1. The van der Waals surface area contributed by atoms with Crippen molar-refractivity contribution < 1.29 is 0 Å². The van der Waals surface area contributed by atoms with Gasteiger partial charge in [0.15, 0.2) is 0 Å². The molecule has 0 spiro atoms. The van der Waals surface area contributed by atoms with Gasteiger partial charge in [-0.05, 0) is 44.8 Å². The number of benzene rings is 1. The molecule has 1 nitrogen and oxygen atoms in total. The van der Waals surface area contributed by atoms with Crippen molar-refractivity contribution >= 4 is 0 Å². The van der Waals surface area contributed by atoms with Crippen molar-refractivity contribution in [2.75, 3.05) is 13.1 Å². The SMILES string of the molecule is C[C@H](Cc1ccccc1)N1CCCCC1. The van der Waals surface area contributed by atoms with E-state index in [0.29, 0.717) is 6.04 Å². The maximum Gasteiger partial charge on any atom is 0.0107 e. The molecule has 1 aromatic carbocycles. The molecule has 0 unspecified atom stereocenters.